The number of hydrogen-bond donors (Lipinski definition) is 1. The van der Waals surface area contributed by atoms with Gasteiger partial charge in [-0.25, -0.2) is 0 Å². The summed E-state index contributed by atoms with van der Waals surface area (Å²) >= 11 is 0. The van der Waals surface area contributed by atoms with Crippen molar-refractivity contribution in [1.82, 2.24) is 5.32 Å². The summed E-state index contributed by atoms with van der Waals surface area (Å²) in [6.07, 6.45) is 1.52. The average Bonchev–Trinajstić information content (AvgIpc) is 2.87. The van der Waals surface area contributed by atoms with Crippen LogP contribution in [0.2, 0.25) is 0 Å². The van der Waals surface area contributed by atoms with E-state index in [0.29, 0.717) is 12.3 Å². The first-order valence-electron chi connectivity index (χ1n) is 7.21. The number of carbonyl (C=O) groups excluding carboxylic acids is 1. The van der Waals surface area contributed by atoms with Crippen molar-refractivity contribution in [2.24, 2.45) is 0 Å². The highest BCUT2D eigenvalue weighted by Gasteiger charge is 2.33. The minimum atomic E-state index is 0.0982. The summed E-state index contributed by atoms with van der Waals surface area (Å²) in [5, 5.41) is 3.19. The second kappa shape index (κ2) is 5.49. The Balaban J connectivity index is 1.96. The van der Waals surface area contributed by atoms with Crippen molar-refractivity contribution in [3.05, 3.63) is 71.3 Å². The van der Waals surface area contributed by atoms with E-state index in [2.05, 4.69) is 53.8 Å². The normalized spacial score (nSPS) is 20.4. The van der Waals surface area contributed by atoms with Gasteiger partial charge in [0.2, 0.25) is 5.91 Å². The van der Waals surface area contributed by atoms with Gasteiger partial charge in [-0.15, -0.1) is 0 Å². The molecule has 1 aliphatic rings. The number of carbonyl (C=O) groups is 1. The van der Waals surface area contributed by atoms with Gasteiger partial charge >= 0.3 is 0 Å². The standard InChI is InChI=1S/C18H19NO/c1-2-17(20)19-18-15-11-7-6-10-14(15)12-16(18)13-8-4-3-5-9-13/h3-11,16,18H,2,12H2,1H3,(H,19,20)/t16-,18+/m1/s1. The quantitative estimate of drug-likeness (QED) is 0.902. The molecule has 0 aliphatic heterocycles. The maximum Gasteiger partial charge on any atom is 0.220 e. The summed E-state index contributed by atoms with van der Waals surface area (Å²) in [7, 11) is 0. The van der Waals surface area contributed by atoms with E-state index in [0.717, 1.165) is 6.42 Å². The first-order chi connectivity index (χ1) is 9.79. The Morgan fingerprint density at radius 3 is 2.55 bits per heavy atom. The van der Waals surface area contributed by atoms with Crippen LogP contribution in [0.3, 0.4) is 0 Å². The fourth-order valence-electron chi connectivity index (χ4n) is 3.06. The third-order valence-corrected chi connectivity index (χ3v) is 4.10. The molecule has 0 saturated heterocycles. The van der Waals surface area contributed by atoms with E-state index < -0.39 is 0 Å². The molecule has 0 radical (unpaired) electrons. The Labute approximate surface area is 119 Å². The van der Waals surface area contributed by atoms with Crippen molar-refractivity contribution >= 4 is 5.91 Å². The minimum absolute atomic E-state index is 0.0982. The Hall–Kier alpha value is -2.09. The van der Waals surface area contributed by atoms with Crippen LogP contribution in [-0.4, -0.2) is 5.91 Å². The van der Waals surface area contributed by atoms with Gasteiger partial charge in [0.1, 0.15) is 0 Å². The molecule has 3 rings (SSSR count). The molecule has 1 N–H and O–H groups in total. The van der Waals surface area contributed by atoms with Crippen LogP contribution in [0.15, 0.2) is 54.6 Å². The van der Waals surface area contributed by atoms with Crippen molar-refractivity contribution in [3.63, 3.8) is 0 Å². The Morgan fingerprint density at radius 2 is 1.80 bits per heavy atom. The molecular weight excluding hydrogens is 246 g/mol. The number of rotatable bonds is 3. The smallest absolute Gasteiger partial charge is 0.220 e. The van der Waals surface area contributed by atoms with Crippen molar-refractivity contribution < 1.29 is 4.79 Å². The largest absolute Gasteiger partial charge is 0.349 e. The number of fused-ring (bicyclic) bond motifs is 1. The molecular formula is C18H19NO. The molecule has 0 bridgehead atoms. The fourth-order valence-corrected chi connectivity index (χ4v) is 3.06. The molecule has 2 aromatic carbocycles. The summed E-state index contributed by atoms with van der Waals surface area (Å²) in [6, 6.07) is 19.0. The third-order valence-electron chi connectivity index (χ3n) is 4.10. The van der Waals surface area contributed by atoms with Gasteiger partial charge in [0, 0.05) is 12.3 Å². The number of benzene rings is 2. The summed E-state index contributed by atoms with van der Waals surface area (Å²) in [6.45, 7) is 1.90. The highest BCUT2D eigenvalue weighted by Crippen LogP contribution is 2.42. The van der Waals surface area contributed by atoms with Crippen LogP contribution in [0.4, 0.5) is 0 Å². The molecule has 1 aliphatic carbocycles. The van der Waals surface area contributed by atoms with Crippen molar-refractivity contribution in [2.45, 2.75) is 31.7 Å². The van der Waals surface area contributed by atoms with Crippen LogP contribution in [0.25, 0.3) is 0 Å². The third kappa shape index (κ3) is 2.34. The van der Waals surface area contributed by atoms with E-state index >= 15 is 0 Å². The molecule has 20 heavy (non-hydrogen) atoms. The summed E-state index contributed by atoms with van der Waals surface area (Å²) < 4.78 is 0. The highest BCUT2D eigenvalue weighted by atomic mass is 16.1. The lowest BCUT2D eigenvalue weighted by Gasteiger charge is -2.22. The molecule has 0 fully saturated rings. The maximum atomic E-state index is 11.8. The van der Waals surface area contributed by atoms with Gasteiger partial charge in [0.25, 0.3) is 0 Å². The molecule has 102 valence electrons. The van der Waals surface area contributed by atoms with E-state index in [-0.39, 0.29) is 11.9 Å². The predicted molar refractivity (Wildman–Crippen MR) is 80.5 cm³/mol. The molecule has 0 heterocycles. The van der Waals surface area contributed by atoms with E-state index in [1.165, 1.54) is 16.7 Å². The lowest BCUT2D eigenvalue weighted by atomic mass is 9.92. The molecule has 2 nitrogen and oxygen atoms in total. The van der Waals surface area contributed by atoms with Crippen LogP contribution in [-0.2, 0) is 11.2 Å². The van der Waals surface area contributed by atoms with E-state index in [1.54, 1.807) is 0 Å². The van der Waals surface area contributed by atoms with Crippen LogP contribution in [0, 0.1) is 0 Å². The lowest BCUT2D eigenvalue weighted by Crippen LogP contribution is -2.29. The van der Waals surface area contributed by atoms with Gasteiger partial charge in [-0.05, 0) is 23.1 Å². The Bertz CT molecular complexity index is 606. The monoisotopic (exact) mass is 265 g/mol. The highest BCUT2D eigenvalue weighted by molar-refractivity contribution is 5.76. The van der Waals surface area contributed by atoms with Crippen LogP contribution < -0.4 is 5.32 Å². The first-order valence-corrected chi connectivity index (χ1v) is 7.21. The predicted octanol–water partition coefficient (Wildman–Crippen LogP) is 3.59. The average molecular weight is 265 g/mol. The second-order valence-corrected chi connectivity index (χ2v) is 5.32. The van der Waals surface area contributed by atoms with Crippen molar-refractivity contribution in [2.75, 3.05) is 0 Å². The molecule has 1 amide bonds. The van der Waals surface area contributed by atoms with Gasteiger partial charge < -0.3 is 5.32 Å². The van der Waals surface area contributed by atoms with Gasteiger partial charge in [-0.1, -0.05) is 61.5 Å². The zero-order valence-corrected chi connectivity index (χ0v) is 11.7. The summed E-state index contributed by atoms with van der Waals surface area (Å²) in [4.78, 5) is 11.8. The zero-order valence-electron chi connectivity index (χ0n) is 11.7. The maximum absolute atomic E-state index is 11.8. The van der Waals surface area contributed by atoms with Crippen molar-refractivity contribution in [1.29, 1.82) is 0 Å². The van der Waals surface area contributed by atoms with Gasteiger partial charge in [-0.3, -0.25) is 4.79 Å². The molecule has 0 unspecified atom stereocenters. The van der Waals surface area contributed by atoms with Gasteiger partial charge in [0.15, 0.2) is 0 Å². The topological polar surface area (TPSA) is 29.1 Å². The molecule has 0 spiro atoms. The lowest BCUT2D eigenvalue weighted by molar-refractivity contribution is -0.121. The number of nitrogens with one attached hydrogen (secondary N) is 1. The van der Waals surface area contributed by atoms with Crippen molar-refractivity contribution in [3.8, 4) is 0 Å². The minimum Gasteiger partial charge on any atom is -0.349 e. The molecule has 0 saturated carbocycles. The molecule has 2 heteroatoms. The summed E-state index contributed by atoms with van der Waals surface area (Å²) in [5.74, 6) is 0.455. The molecule has 2 atom stereocenters. The van der Waals surface area contributed by atoms with Crippen LogP contribution >= 0.6 is 0 Å². The van der Waals surface area contributed by atoms with Gasteiger partial charge in [-0.2, -0.15) is 0 Å². The SMILES string of the molecule is CCC(=O)N[C@H]1c2ccccc2C[C@@H]1c1ccccc1. The number of hydrogen-bond acceptors (Lipinski definition) is 1. The molecule has 2 aromatic rings. The van der Waals surface area contributed by atoms with E-state index in [9.17, 15) is 4.79 Å². The van der Waals surface area contributed by atoms with Crippen LogP contribution in [0.5, 0.6) is 0 Å². The zero-order chi connectivity index (χ0) is 13.9. The number of amides is 1. The van der Waals surface area contributed by atoms with Gasteiger partial charge in [0.05, 0.1) is 6.04 Å². The van der Waals surface area contributed by atoms with E-state index in [4.69, 9.17) is 0 Å². The Morgan fingerprint density at radius 1 is 1.10 bits per heavy atom. The van der Waals surface area contributed by atoms with E-state index in [1.807, 2.05) is 13.0 Å². The first kappa shape index (κ1) is 12.9. The molecule has 0 aromatic heterocycles. The summed E-state index contributed by atoms with van der Waals surface area (Å²) in [5.41, 5.74) is 3.91. The second-order valence-electron chi connectivity index (χ2n) is 5.32. The van der Waals surface area contributed by atoms with Crippen LogP contribution in [0.1, 0.15) is 42.0 Å². The Kier molecular flexibility index (Phi) is 3.55. The fraction of sp³-hybridized carbons (Fsp3) is 0.278.